The highest BCUT2D eigenvalue weighted by Gasteiger charge is 2.62. The molecular formula is C24H44. The zero-order valence-electron chi connectivity index (χ0n) is 16.3. The lowest BCUT2D eigenvalue weighted by Crippen LogP contribution is -2.56. The third kappa shape index (κ3) is 2.37. The Labute approximate surface area is 152 Å². The Morgan fingerprint density at radius 1 is 0.792 bits per heavy atom. The van der Waals surface area contributed by atoms with Gasteiger partial charge in [0, 0.05) is 0 Å². The van der Waals surface area contributed by atoms with Crippen molar-refractivity contribution in [2.24, 2.45) is 39.9 Å². The summed E-state index contributed by atoms with van der Waals surface area (Å²) in [6.07, 6.45) is 18.3. The van der Waals surface area contributed by atoms with Gasteiger partial charge in [0.1, 0.15) is 0 Å². The van der Waals surface area contributed by atoms with Crippen LogP contribution in [-0.4, -0.2) is 0 Å². The monoisotopic (exact) mass is 332 g/mol. The molecule has 0 aliphatic heterocycles. The summed E-state index contributed by atoms with van der Waals surface area (Å²) < 4.78 is 0. The fourth-order valence-electron chi connectivity index (χ4n) is 8.54. The summed E-state index contributed by atoms with van der Waals surface area (Å²) in [4.78, 5) is 0. The van der Waals surface area contributed by atoms with Crippen LogP contribution in [0.25, 0.3) is 0 Å². The molecule has 0 aromatic heterocycles. The maximum absolute atomic E-state index is 2.73. The Hall–Kier alpha value is 0. The van der Waals surface area contributed by atoms with Gasteiger partial charge in [-0.05, 0) is 91.3 Å². The van der Waals surface area contributed by atoms with Crippen molar-refractivity contribution in [2.45, 2.75) is 112 Å². The molecule has 140 valence electrons. The highest BCUT2D eigenvalue weighted by Crippen LogP contribution is 2.70. The van der Waals surface area contributed by atoms with Gasteiger partial charge in [-0.3, -0.25) is 0 Å². The molecule has 4 rings (SSSR count). The lowest BCUT2D eigenvalue weighted by molar-refractivity contribution is -0.152. The third-order valence-electron chi connectivity index (χ3n) is 10.2. The summed E-state index contributed by atoms with van der Waals surface area (Å²) in [6, 6.07) is 0. The summed E-state index contributed by atoms with van der Waals surface area (Å²) in [5.41, 5.74) is 2.04. The molecule has 4 aliphatic rings. The van der Waals surface area contributed by atoms with Crippen LogP contribution in [0.2, 0.25) is 0 Å². The first-order valence-corrected chi connectivity index (χ1v) is 10.9. The summed E-state index contributed by atoms with van der Waals surface area (Å²) in [7, 11) is 0. The first-order valence-electron chi connectivity index (χ1n) is 10.9. The van der Waals surface area contributed by atoms with E-state index in [2.05, 4.69) is 27.7 Å². The highest BCUT2D eigenvalue weighted by atomic mass is 14.7. The van der Waals surface area contributed by atoms with Gasteiger partial charge in [-0.25, -0.2) is 0 Å². The fraction of sp³-hybridized carbons (Fsp3) is 1.00. The third-order valence-corrected chi connectivity index (χ3v) is 10.2. The van der Waals surface area contributed by atoms with Crippen molar-refractivity contribution in [1.29, 1.82) is 0 Å². The van der Waals surface area contributed by atoms with E-state index < -0.39 is 0 Å². The molecule has 0 spiro atoms. The maximum atomic E-state index is 2.73. The van der Waals surface area contributed by atoms with Crippen LogP contribution < -0.4 is 0 Å². The summed E-state index contributed by atoms with van der Waals surface area (Å²) in [6.45, 7) is 10.5. The van der Waals surface area contributed by atoms with Gasteiger partial charge in [-0.2, -0.15) is 0 Å². The number of hydrogen-bond donors (Lipinski definition) is 0. The Morgan fingerprint density at radius 3 is 2.29 bits per heavy atom. The van der Waals surface area contributed by atoms with Gasteiger partial charge in [0.25, 0.3) is 0 Å². The molecule has 0 radical (unpaired) electrons. The SMILES string of the molecule is C.CCCC1CCC2C3CCC4(C)CCCCC4(C)C3CCC12C. The zero-order valence-corrected chi connectivity index (χ0v) is 16.3. The van der Waals surface area contributed by atoms with Crippen LogP contribution in [0.3, 0.4) is 0 Å². The topological polar surface area (TPSA) is 0 Å². The largest absolute Gasteiger partial charge is 0.0776 e. The standard InChI is InChI=1S/C23H40.CH4/c1-5-8-17-9-10-19-18-11-15-21(2)13-6-7-14-23(21,4)20(18)12-16-22(17,19)3;/h17-20H,5-16H2,1-4H3;1H4. The van der Waals surface area contributed by atoms with E-state index in [4.69, 9.17) is 0 Å². The molecule has 0 saturated heterocycles. The predicted molar refractivity (Wildman–Crippen MR) is 106 cm³/mol. The van der Waals surface area contributed by atoms with Crippen molar-refractivity contribution in [1.82, 2.24) is 0 Å². The molecule has 0 heteroatoms. The molecule has 7 atom stereocenters. The van der Waals surface area contributed by atoms with Gasteiger partial charge < -0.3 is 0 Å². The van der Waals surface area contributed by atoms with E-state index in [-0.39, 0.29) is 7.43 Å². The fourth-order valence-corrected chi connectivity index (χ4v) is 8.54. The Morgan fingerprint density at radius 2 is 1.54 bits per heavy atom. The van der Waals surface area contributed by atoms with Crippen molar-refractivity contribution >= 4 is 0 Å². The molecule has 0 aromatic carbocycles. The van der Waals surface area contributed by atoms with Crippen molar-refractivity contribution in [2.75, 3.05) is 0 Å². The van der Waals surface area contributed by atoms with Crippen LogP contribution in [0.4, 0.5) is 0 Å². The zero-order chi connectivity index (χ0) is 16.3. The van der Waals surface area contributed by atoms with E-state index in [1.165, 1.54) is 44.9 Å². The normalized spacial score (nSPS) is 53.5. The average Bonchev–Trinajstić information content (AvgIpc) is 2.85. The van der Waals surface area contributed by atoms with Crippen LogP contribution in [-0.2, 0) is 0 Å². The smallest absolute Gasteiger partial charge is 0.0241 e. The van der Waals surface area contributed by atoms with Crippen LogP contribution in [0.1, 0.15) is 112 Å². The molecule has 24 heavy (non-hydrogen) atoms. The van der Waals surface area contributed by atoms with Crippen LogP contribution >= 0.6 is 0 Å². The molecule has 0 aromatic rings. The molecule has 0 N–H and O–H groups in total. The maximum Gasteiger partial charge on any atom is -0.0241 e. The van der Waals surface area contributed by atoms with Crippen molar-refractivity contribution in [3.05, 3.63) is 0 Å². The lowest BCUT2D eigenvalue weighted by atomic mass is 9.40. The van der Waals surface area contributed by atoms with E-state index >= 15 is 0 Å². The summed E-state index contributed by atoms with van der Waals surface area (Å²) >= 11 is 0. The van der Waals surface area contributed by atoms with Gasteiger partial charge in [-0.15, -0.1) is 0 Å². The van der Waals surface area contributed by atoms with E-state index in [0.717, 1.165) is 23.7 Å². The minimum absolute atomic E-state index is 0. The molecule has 0 nitrogen and oxygen atoms in total. The molecule has 0 bridgehead atoms. The number of fused-ring (bicyclic) bond motifs is 5. The second-order valence-electron chi connectivity index (χ2n) is 10.7. The Balaban J connectivity index is 0.00000169. The first kappa shape index (κ1) is 18.8. The van der Waals surface area contributed by atoms with Gasteiger partial charge in [-0.1, -0.05) is 60.8 Å². The second-order valence-corrected chi connectivity index (χ2v) is 10.7. The molecule has 4 aliphatic carbocycles. The van der Waals surface area contributed by atoms with Crippen molar-refractivity contribution in [3.8, 4) is 0 Å². The minimum atomic E-state index is 0. The predicted octanol–water partition coefficient (Wildman–Crippen LogP) is 7.86. The number of rotatable bonds is 2. The molecule has 7 unspecified atom stereocenters. The van der Waals surface area contributed by atoms with E-state index in [1.807, 2.05) is 0 Å². The van der Waals surface area contributed by atoms with Crippen LogP contribution in [0.5, 0.6) is 0 Å². The van der Waals surface area contributed by atoms with E-state index in [1.54, 1.807) is 32.1 Å². The summed E-state index contributed by atoms with van der Waals surface area (Å²) in [5.74, 6) is 4.25. The number of hydrogen-bond acceptors (Lipinski definition) is 0. The van der Waals surface area contributed by atoms with E-state index in [9.17, 15) is 0 Å². The Kier molecular flexibility index (Phi) is 4.94. The lowest BCUT2D eigenvalue weighted by Gasteiger charge is -2.64. The first-order chi connectivity index (χ1) is 10.9. The van der Waals surface area contributed by atoms with Crippen molar-refractivity contribution in [3.63, 3.8) is 0 Å². The molecule has 0 amide bonds. The van der Waals surface area contributed by atoms with Crippen LogP contribution in [0.15, 0.2) is 0 Å². The van der Waals surface area contributed by atoms with E-state index in [0.29, 0.717) is 16.2 Å². The average molecular weight is 333 g/mol. The highest BCUT2D eigenvalue weighted by molar-refractivity contribution is 5.11. The van der Waals surface area contributed by atoms with Gasteiger partial charge in [0.2, 0.25) is 0 Å². The van der Waals surface area contributed by atoms with Gasteiger partial charge >= 0.3 is 0 Å². The molecule has 4 fully saturated rings. The van der Waals surface area contributed by atoms with Crippen LogP contribution in [0, 0.1) is 39.9 Å². The summed E-state index contributed by atoms with van der Waals surface area (Å²) in [5, 5.41) is 0. The van der Waals surface area contributed by atoms with Crippen molar-refractivity contribution < 1.29 is 0 Å². The molecule has 0 heterocycles. The molecule has 4 saturated carbocycles. The minimum Gasteiger partial charge on any atom is -0.0776 e. The van der Waals surface area contributed by atoms with Gasteiger partial charge in [0.15, 0.2) is 0 Å². The Bertz CT molecular complexity index is 453. The quantitative estimate of drug-likeness (QED) is 0.482. The molecular weight excluding hydrogens is 288 g/mol. The van der Waals surface area contributed by atoms with Gasteiger partial charge in [0.05, 0.1) is 0 Å². The second kappa shape index (κ2) is 6.31.